The van der Waals surface area contributed by atoms with Gasteiger partial charge < -0.3 is 9.47 Å². The third-order valence-corrected chi connectivity index (χ3v) is 5.55. The first kappa shape index (κ1) is 19.2. The molecule has 2 heterocycles. The number of rotatable bonds is 5. The zero-order chi connectivity index (χ0) is 21.2. The molecule has 154 valence electrons. The van der Waals surface area contributed by atoms with Crippen LogP contribution >= 0.6 is 0 Å². The van der Waals surface area contributed by atoms with Gasteiger partial charge in [-0.1, -0.05) is 49.4 Å². The predicted octanol–water partition coefficient (Wildman–Crippen LogP) is 5.03. The molecular weight excluding hydrogens is 388 g/mol. The zero-order valence-corrected chi connectivity index (χ0v) is 17.2. The third-order valence-electron chi connectivity index (χ3n) is 5.55. The highest BCUT2D eigenvalue weighted by atomic mass is 16.5. The van der Waals surface area contributed by atoms with E-state index in [0.717, 1.165) is 22.3 Å². The van der Waals surface area contributed by atoms with Gasteiger partial charge in [0.05, 0.1) is 23.1 Å². The predicted molar refractivity (Wildman–Crippen MR) is 118 cm³/mol. The zero-order valence-electron chi connectivity index (χ0n) is 17.2. The Bertz CT molecular complexity index is 1240. The number of carbonyl (C=O) groups is 1. The third kappa shape index (κ3) is 3.99. The van der Waals surface area contributed by atoms with E-state index in [0.29, 0.717) is 30.1 Å². The lowest BCUT2D eigenvalue weighted by atomic mass is 9.84. The molecule has 1 aliphatic carbocycles. The number of aromatic nitrogens is 2. The standard InChI is InChI=1S/C26H22N2O3/c1-17-13-24-22(25(29)26(17)31-20-8-3-2-4-9-20)14-21(15-27-24)30-16-19-12-11-18-7-5-6-10-23(18)28-19/h2-12,14-15,17,26H,13,16H2,1H3/t17-,26+/m0/s1. The van der Waals surface area contributed by atoms with E-state index in [1.54, 1.807) is 12.3 Å². The number of ketones is 1. The fourth-order valence-electron chi connectivity index (χ4n) is 3.91. The van der Waals surface area contributed by atoms with E-state index in [9.17, 15) is 4.79 Å². The van der Waals surface area contributed by atoms with Gasteiger partial charge in [0.2, 0.25) is 5.78 Å². The summed E-state index contributed by atoms with van der Waals surface area (Å²) in [5.74, 6) is 1.23. The maximum atomic E-state index is 13.2. The first-order valence-corrected chi connectivity index (χ1v) is 10.4. The highest BCUT2D eigenvalue weighted by molar-refractivity contribution is 6.02. The van der Waals surface area contributed by atoms with Gasteiger partial charge in [0.1, 0.15) is 18.1 Å². The van der Waals surface area contributed by atoms with Gasteiger partial charge in [0.15, 0.2) is 6.10 Å². The molecule has 0 N–H and O–H groups in total. The second-order valence-corrected chi connectivity index (χ2v) is 7.85. The van der Waals surface area contributed by atoms with E-state index in [-0.39, 0.29) is 11.7 Å². The second kappa shape index (κ2) is 8.19. The van der Waals surface area contributed by atoms with Crippen LogP contribution < -0.4 is 9.47 Å². The summed E-state index contributed by atoms with van der Waals surface area (Å²) in [6.07, 6.45) is 1.83. The van der Waals surface area contributed by atoms with Gasteiger partial charge in [-0.25, -0.2) is 4.98 Å². The van der Waals surface area contributed by atoms with Crippen LogP contribution in [0.5, 0.6) is 11.5 Å². The first-order chi connectivity index (χ1) is 15.2. The van der Waals surface area contributed by atoms with Crippen molar-refractivity contribution in [1.29, 1.82) is 0 Å². The molecule has 0 radical (unpaired) electrons. The number of nitrogens with zero attached hydrogens (tertiary/aromatic N) is 2. The summed E-state index contributed by atoms with van der Waals surface area (Å²) >= 11 is 0. The Morgan fingerprint density at radius 2 is 1.77 bits per heavy atom. The topological polar surface area (TPSA) is 61.3 Å². The van der Waals surface area contributed by atoms with Crippen LogP contribution in [0.15, 0.2) is 79.0 Å². The summed E-state index contributed by atoms with van der Waals surface area (Å²) in [6, 6.07) is 23.2. The Labute approximate surface area is 180 Å². The van der Waals surface area contributed by atoms with E-state index in [4.69, 9.17) is 9.47 Å². The van der Waals surface area contributed by atoms with E-state index < -0.39 is 6.10 Å². The highest BCUT2D eigenvalue weighted by Gasteiger charge is 2.36. The normalized spacial score (nSPS) is 17.9. The van der Waals surface area contributed by atoms with Crippen molar-refractivity contribution in [2.75, 3.05) is 0 Å². The molecule has 0 aliphatic heterocycles. The second-order valence-electron chi connectivity index (χ2n) is 7.85. The van der Waals surface area contributed by atoms with Crippen molar-refractivity contribution in [3.8, 4) is 11.5 Å². The molecule has 31 heavy (non-hydrogen) atoms. The van der Waals surface area contributed by atoms with Crippen molar-refractivity contribution < 1.29 is 14.3 Å². The molecule has 4 aromatic rings. The van der Waals surface area contributed by atoms with Crippen molar-refractivity contribution in [1.82, 2.24) is 9.97 Å². The van der Waals surface area contributed by atoms with Gasteiger partial charge in [-0.3, -0.25) is 9.78 Å². The number of ether oxygens (including phenoxy) is 2. The molecule has 0 saturated carbocycles. The molecule has 0 amide bonds. The summed E-state index contributed by atoms with van der Waals surface area (Å²) in [5, 5.41) is 1.09. The number of pyridine rings is 2. The molecule has 5 rings (SSSR count). The van der Waals surface area contributed by atoms with Crippen LogP contribution in [0.25, 0.3) is 10.9 Å². The number of para-hydroxylation sites is 2. The van der Waals surface area contributed by atoms with Crippen molar-refractivity contribution >= 4 is 16.7 Å². The lowest BCUT2D eigenvalue weighted by Crippen LogP contribution is -2.39. The minimum Gasteiger partial charge on any atom is -0.486 e. The number of hydrogen-bond acceptors (Lipinski definition) is 5. The number of carbonyl (C=O) groups excluding carboxylic acids is 1. The maximum Gasteiger partial charge on any atom is 0.205 e. The largest absolute Gasteiger partial charge is 0.486 e. The van der Waals surface area contributed by atoms with Crippen LogP contribution in [0.3, 0.4) is 0 Å². The minimum atomic E-state index is -0.533. The summed E-state index contributed by atoms with van der Waals surface area (Å²) in [6.45, 7) is 2.33. The fraction of sp³-hybridized carbons (Fsp3) is 0.192. The van der Waals surface area contributed by atoms with E-state index in [1.807, 2.05) is 73.7 Å². The Morgan fingerprint density at radius 3 is 2.65 bits per heavy atom. The molecule has 0 bridgehead atoms. The van der Waals surface area contributed by atoms with Gasteiger partial charge in [-0.2, -0.15) is 0 Å². The van der Waals surface area contributed by atoms with Gasteiger partial charge in [0.25, 0.3) is 0 Å². The molecule has 2 aromatic heterocycles. The minimum absolute atomic E-state index is 0.0428. The summed E-state index contributed by atoms with van der Waals surface area (Å²) in [7, 11) is 0. The number of hydrogen-bond donors (Lipinski definition) is 0. The molecule has 5 nitrogen and oxygen atoms in total. The monoisotopic (exact) mass is 410 g/mol. The molecule has 2 atom stereocenters. The van der Waals surface area contributed by atoms with Gasteiger partial charge in [0, 0.05) is 16.9 Å². The van der Waals surface area contributed by atoms with Crippen LogP contribution in [0.1, 0.15) is 28.7 Å². The summed E-state index contributed by atoms with van der Waals surface area (Å²) < 4.78 is 11.9. The summed E-state index contributed by atoms with van der Waals surface area (Å²) in [4.78, 5) is 22.3. The van der Waals surface area contributed by atoms with Crippen LogP contribution in [0.2, 0.25) is 0 Å². The maximum absolute atomic E-state index is 13.2. The molecule has 0 unspecified atom stereocenters. The summed E-state index contributed by atoms with van der Waals surface area (Å²) in [5.41, 5.74) is 3.11. The van der Waals surface area contributed by atoms with Crippen molar-refractivity contribution in [3.63, 3.8) is 0 Å². The van der Waals surface area contributed by atoms with Crippen molar-refractivity contribution in [3.05, 3.63) is 95.9 Å². The molecule has 1 aliphatic rings. The van der Waals surface area contributed by atoms with E-state index in [2.05, 4.69) is 9.97 Å². The Balaban J connectivity index is 1.34. The molecular formula is C26H22N2O3. The smallest absolute Gasteiger partial charge is 0.205 e. The Kier molecular flexibility index (Phi) is 5.08. The first-order valence-electron chi connectivity index (χ1n) is 10.4. The van der Waals surface area contributed by atoms with Gasteiger partial charge >= 0.3 is 0 Å². The quantitative estimate of drug-likeness (QED) is 0.462. The molecule has 0 fully saturated rings. The lowest BCUT2D eigenvalue weighted by molar-refractivity contribution is 0.0663. The fourth-order valence-corrected chi connectivity index (χ4v) is 3.91. The van der Waals surface area contributed by atoms with Gasteiger partial charge in [-0.05, 0) is 36.8 Å². The molecule has 0 spiro atoms. The van der Waals surface area contributed by atoms with Crippen LogP contribution in [0.4, 0.5) is 0 Å². The SMILES string of the molecule is C[C@H]1Cc2ncc(OCc3ccc4ccccc4n3)cc2C(=O)[C@@H]1Oc1ccccc1. The highest BCUT2D eigenvalue weighted by Crippen LogP contribution is 2.30. The van der Waals surface area contributed by atoms with Crippen LogP contribution in [-0.2, 0) is 13.0 Å². The van der Waals surface area contributed by atoms with Crippen LogP contribution in [-0.4, -0.2) is 21.9 Å². The number of Topliss-reactive ketones (excluding diaryl/α,β-unsaturated/α-hetero) is 1. The Morgan fingerprint density at radius 1 is 0.968 bits per heavy atom. The number of fused-ring (bicyclic) bond motifs is 2. The Hall–Kier alpha value is -3.73. The molecule has 5 heteroatoms. The molecule has 0 saturated heterocycles. The average molecular weight is 410 g/mol. The van der Waals surface area contributed by atoms with E-state index in [1.165, 1.54) is 0 Å². The van der Waals surface area contributed by atoms with Crippen molar-refractivity contribution in [2.24, 2.45) is 5.92 Å². The molecule has 2 aromatic carbocycles. The van der Waals surface area contributed by atoms with E-state index >= 15 is 0 Å². The van der Waals surface area contributed by atoms with Crippen LogP contribution in [0, 0.1) is 5.92 Å². The van der Waals surface area contributed by atoms with Gasteiger partial charge in [-0.15, -0.1) is 0 Å². The average Bonchev–Trinajstić information content (AvgIpc) is 2.81. The lowest BCUT2D eigenvalue weighted by Gasteiger charge is -2.29. The number of benzene rings is 2. The van der Waals surface area contributed by atoms with Crippen molar-refractivity contribution in [2.45, 2.75) is 26.1 Å².